The fourth-order valence-corrected chi connectivity index (χ4v) is 2.06. The first kappa shape index (κ1) is 13.0. The van der Waals surface area contributed by atoms with Crippen LogP contribution in [0, 0.1) is 11.3 Å². The first-order valence-corrected chi connectivity index (χ1v) is 5.55. The van der Waals surface area contributed by atoms with Gasteiger partial charge in [0, 0.05) is 6.61 Å². The molecule has 2 atom stereocenters. The molecule has 0 aliphatic carbocycles. The van der Waals surface area contributed by atoms with Crippen LogP contribution >= 0.6 is 0 Å². The molecule has 0 fully saturated rings. The highest BCUT2D eigenvalue weighted by molar-refractivity contribution is 4.78. The summed E-state index contributed by atoms with van der Waals surface area (Å²) in [6, 6.07) is 0. The lowest BCUT2D eigenvalue weighted by molar-refractivity contribution is -0.0110. The third-order valence-corrected chi connectivity index (χ3v) is 2.71. The lowest BCUT2D eigenvalue weighted by atomic mass is 9.75. The monoisotopic (exact) mass is 186 g/mol. The average molecular weight is 186 g/mol. The summed E-state index contributed by atoms with van der Waals surface area (Å²) < 4.78 is 5.68. The molecule has 0 aliphatic heterocycles. The molecule has 1 heteroatoms. The van der Waals surface area contributed by atoms with Gasteiger partial charge in [-0.2, -0.15) is 0 Å². The lowest BCUT2D eigenvalue weighted by Gasteiger charge is -2.35. The van der Waals surface area contributed by atoms with E-state index >= 15 is 0 Å². The van der Waals surface area contributed by atoms with Crippen molar-refractivity contribution in [3.05, 3.63) is 0 Å². The Labute approximate surface area is 83.9 Å². The molecule has 0 spiro atoms. The summed E-state index contributed by atoms with van der Waals surface area (Å²) in [6.07, 6.45) is 2.91. The largest absolute Gasteiger partial charge is 0.378 e. The molecular weight excluding hydrogens is 160 g/mol. The fraction of sp³-hybridized carbons (Fsp3) is 1.00. The van der Waals surface area contributed by atoms with Crippen LogP contribution in [0.25, 0.3) is 0 Å². The molecule has 0 saturated carbocycles. The highest BCUT2D eigenvalue weighted by Crippen LogP contribution is 2.33. The second-order valence-electron chi connectivity index (χ2n) is 4.92. The van der Waals surface area contributed by atoms with Gasteiger partial charge in [0.15, 0.2) is 0 Å². The zero-order chi connectivity index (χ0) is 10.5. The van der Waals surface area contributed by atoms with Gasteiger partial charge in [-0.05, 0) is 31.6 Å². The van der Waals surface area contributed by atoms with Crippen LogP contribution in [0.2, 0.25) is 0 Å². The van der Waals surface area contributed by atoms with E-state index in [9.17, 15) is 0 Å². The van der Waals surface area contributed by atoms with Crippen LogP contribution in [0.1, 0.15) is 54.4 Å². The molecular formula is C12H26O. The molecule has 0 rings (SSSR count). The van der Waals surface area contributed by atoms with Gasteiger partial charge >= 0.3 is 0 Å². The van der Waals surface area contributed by atoms with Gasteiger partial charge in [-0.15, -0.1) is 0 Å². The maximum atomic E-state index is 5.68. The Kier molecular flexibility index (Phi) is 5.62. The van der Waals surface area contributed by atoms with Crippen molar-refractivity contribution in [2.45, 2.75) is 60.5 Å². The molecule has 2 unspecified atom stereocenters. The molecule has 0 aliphatic rings. The van der Waals surface area contributed by atoms with Gasteiger partial charge in [-0.1, -0.05) is 34.1 Å². The van der Waals surface area contributed by atoms with E-state index in [1.54, 1.807) is 0 Å². The molecule has 0 aromatic carbocycles. The minimum absolute atomic E-state index is 0.366. The van der Waals surface area contributed by atoms with Crippen molar-refractivity contribution >= 4 is 0 Å². The minimum Gasteiger partial charge on any atom is -0.378 e. The van der Waals surface area contributed by atoms with Crippen LogP contribution in [-0.4, -0.2) is 12.7 Å². The van der Waals surface area contributed by atoms with Gasteiger partial charge < -0.3 is 4.74 Å². The summed E-state index contributed by atoms with van der Waals surface area (Å²) in [5, 5.41) is 0. The van der Waals surface area contributed by atoms with Crippen LogP contribution in [0.4, 0.5) is 0 Å². The van der Waals surface area contributed by atoms with E-state index < -0.39 is 0 Å². The van der Waals surface area contributed by atoms with Crippen LogP contribution in [-0.2, 0) is 4.74 Å². The zero-order valence-electron chi connectivity index (χ0n) is 10.2. The predicted octanol–water partition coefficient (Wildman–Crippen LogP) is 3.87. The first-order chi connectivity index (χ1) is 5.93. The van der Waals surface area contributed by atoms with Crippen molar-refractivity contribution in [3.8, 4) is 0 Å². The molecule has 0 N–H and O–H groups in total. The standard InChI is InChI=1S/C12H26O/c1-7-9-11(12(4,5)6)10(3)13-8-2/h10-11H,7-9H2,1-6H3. The topological polar surface area (TPSA) is 9.23 Å². The molecule has 0 bridgehead atoms. The summed E-state index contributed by atoms with van der Waals surface area (Å²) in [5.74, 6) is 0.678. The fourth-order valence-electron chi connectivity index (χ4n) is 2.06. The molecule has 1 nitrogen and oxygen atoms in total. The van der Waals surface area contributed by atoms with Gasteiger partial charge in [0.05, 0.1) is 6.10 Å². The van der Waals surface area contributed by atoms with E-state index in [4.69, 9.17) is 4.74 Å². The van der Waals surface area contributed by atoms with Crippen molar-refractivity contribution in [2.24, 2.45) is 11.3 Å². The summed E-state index contributed by atoms with van der Waals surface area (Å²) in [4.78, 5) is 0. The van der Waals surface area contributed by atoms with Crippen LogP contribution in [0.5, 0.6) is 0 Å². The van der Waals surface area contributed by atoms with Crippen LogP contribution in [0.15, 0.2) is 0 Å². The summed E-state index contributed by atoms with van der Waals surface area (Å²) in [6.45, 7) is 14.3. The van der Waals surface area contributed by atoms with Crippen molar-refractivity contribution < 1.29 is 4.74 Å². The number of hydrogen-bond acceptors (Lipinski definition) is 1. The van der Waals surface area contributed by atoms with Gasteiger partial charge in [-0.25, -0.2) is 0 Å². The molecule has 0 heterocycles. The number of rotatable bonds is 5. The van der Waals surface area contributed by atoms with Crippen molar-refractivity contribution in [1.29, 1.82) is 0 Å². The Balaban J connectivity index is 4.23. The molecule has 0 aromatic rings. The normalized spacial score (nSPS) is 17.1. The van der Waals surface area contributed by atoms with E-state index in [0.717, 1.165) is 6.61 Å². The van der Waals surface area contributed by atoms with Crippen LogP contribution in [0.3, 0.4) is 0 Å². The van der Waals surface area contributed by atoms with Crippen molar-refractivity contribution in [3.63, 3.8) is 0 Å². The number of hydrogen-bond donors (Lipinski definition) is 0. The molecule has 0 aromatic heterocycles. The van der Waals surface area contributed by atoms with E-state index in [-0.39, 0.29) is 0 Å². The molecule has 0 radical (unpaired) electrons. The maximum absolute atomic E-state index is 5.68. The van der Waals surface area contributed by atoms with Gasteiger partial charge in [0.1, 0.15) is 0 Å². The third-order valence-electron chi connectivity index (χ3n) is 2.71. The smallest absolute Gasteiger partial charge is 0.0579 e. The summed E-state index contributed by atoms with van der Waals surface area (Å²) in [7, 11) is 0. The Bertz CT molecular complexity index is 124. The van der Waals surface area contributed by atoms with Gasteiger partial charge in [-0.3, -0.25) is 0 Å². The minimum atomic E-state index is 0.366. The highest BCUT2D eigenvalue weighted by Gasteiger charge is 2.28. The summed E-state index contributed by atoms with van der Waals surface area (Å²) >= 11 is 0. The zero-order valence-corrected chi connectivity index (χ0v) is 10.2. The predicted molar refractivity (Wildman–Crippen MR) is 58.9 cm³/mol. The Hall–Kier alpha value is -0.0400. The van der Waals surface area contributed by atoms with E-state index in [1.807, 2.05) is 0 Å². The Morgan fingerprint density at radius 2 is 1.69 bits per heavy atom. The second kappa shape index (κ2) is 5.64. The number of ether oxygens (including phenoxy) is 1. The molecule has 13 heavy (non-hydrogen) atoms. The molecule has 0 saturated heterocycles. The highest BCUT2D eigenvalue weighted by atomic mass is 16.5. The van der Waals surface area contributed by atoms with Gasteiger partial charge in [0.25, 0.3) is 0 Å². The quantitative estimate of drug-likeness (QED) is 0.633. The maximum Gasteiger partial charge on any atom is 0.0579 e. The SMILES string of the molecule is CCCC(C(C)OCC)C(C)(C)C. The summed E-state index contributed by atoms with van der Waals surface area (Å²) in [5.41, 5.74) is 0.366. The molecule has 80 valence electrons. The van der Waals surface area contributed by atoms with E-state index in [2.05, 4.69) is 41.5 Å². The lowest BCUT2D eigenvalue weighted by Crippen LogP contribution is -2.32. The van der Waals surface area contributed by atoms with Crippen molar-refractivity contribution in [2.75, 3.05) is 6.61 Å². The van der Waals surface area contributed by atoms with E-state index in [0.29, 0.717) is 17.4 Å². The van der Waals surface area contributed by atoms with Gasteiger partial charge in [0.2, 0.25) is 0 Å². The first-order valence-electron chi connectivity index (χ1n) is 5.55. The second-order valence-corrected chi connectivity index (χ2v) is 4.92. The van der Waals surface area contributed by atoms with E-state index in [1.165, 1.54) is 12.8 Å². The molecule has 0 amide bonds. The van der Waals surface area contributed by atoms with Crippen LogP contribution < -0.4 is 0 Å². The Morgan fingerprint density at radius 1 is 1.15 bits per heavy atom. The Morgan fingerprint density at radius 3 is 2.00 bits per heavy atom. The van der Waals surface area contributed by atoms with Crippen molar-refractivity contribution in [1.82, 2.24) is 0 Å². The average Bonchev–Trinajstić information content (AvgIpc) is 1.98. The third kappa shape index (κ3) is 4.66.